The summed E-state index contributed by atoms with van der Waals surface area (Å²) in [5.41, 5.74) is 2.89. The van der Waals surface area contributed by atoms with Gasteiger partial charge in [-0.1, -0.05) is 41.6 Å². The van der Waals surface area contributed by atoms with Crippen molar-refractivity contribution in [1.82, 2.24) is 14.9 Å². The lowest BCUT2D eigenvalue weighted by molar-refractivity contribution is 0.448. The van der Waals surface area contributed by atoms with Crippen LogP contribution in [0.5, 0.6) is 11.5 Å². The summed E-state index contributed by atoms with van der Waals surface area (Å²) in [6, 6.07) is 11.2. The Hall–Kier alpha value is -2.32. The molecule has 6 nitrogen and oxygen atoms in total. The smallest absolute Gasteiger partial charge is 0.212 e. The van der Waals surface area contributed by atoms with Crippen LogP contribution in [-0.2, 0) is 5.75 Å². The van der Waals surface area contributed by atoms with E-state index in [2.05, 4.69) is 62.4 Å². The van der Waals surface area contributed by atoms with Gasteiger partial charge in [0.15, 0.2) is 5.82 Å². The van der Waals surface area contributed by atoms with E-state index in [1.165, 1.54) is 35.2 Å². The standard InChI is InChI=1S/C18H17BrN4O2S/c1-11-3-5-13(6-4-11)10-26-18-22-21-12(2)23(18)20-9-14-7-15(19)17(25)8-16(14)24/h3-9,24-25H,10H2,1-2H3/b20-9+. The number of phenolic OH excluding ortho intramolecular Hbond substituents is 2. The normalized spacial score (nSPS) is 11.3. The van der Waals surface area contributed by atoms with Gasteiger partial charge in [-0.25, -0.2) is 0 Å². The van der Waals surface area contributed by atoms with Crippen LogP contribution in [0, 0.1) is 13.8 Å². The monoisotopic (exact) mass is 432 g/mol. The van der Waals surface area contributed by atoms with Gasteiger partial charge < -0.3 is 10.2 Å². The molecule has 134 valence electrons. The fourth-order valence-electron chi connectivity index (χ4n) is 2.18. The average molecular weight is 433 g/mol. The molecule has 8 heteroatoms. The molecular weight excluding hydrogens is 416 g/mol. The molecule has 26 heavy (non-hydrogen) atoms. The first-order valence-corrected chi connectivity index (χ1v) is 9.58. The summed E-state index contributed by atoms with van der Waals surface area (Å²) in [7, 11) is 0. The van der Waals surface area contributed by atoms with Crippen LogP contribution in [0.1, 0.15) is 22.5 Å². The number of benzene rings is 2. The average Bonchev–Trinajstić information content (AvgIpc) is 2.96. The molecule has 0 atom stereocenters. The number of halogens is 1. The minimum absolute atomic E-state index is 0.0329. The highest BCUT2D eigenvalue weighted by Crippen LogP contribution is 2.30. The van der Waals surface area contributed by atoms with Crippen LogP contribution in [0.2, 0.25) is 0 Å². The molecule has 0 aliphatic rings. The summed E-state index contributed by atoms with van der Waals surface area (Å²) >= 11 is 4.76. The van der Waals surface area contributed by atoms with Gasteiger partial charge in [0, 0.05) is 17.4 Å². The number of aromatic hydroxyl groups is 2. The zero-order chi connectivity index (χ0) is 18.7. The van der Waals surface area contributed by atoms with Crippen molar-refractivity contribution in [3.8, 4) is 11.5 Å². The zero-order valence-corrected chi connectivity index (χ0v) is 16.6. The van der Waals surface area contributed by atoms with Crippen molar-refractivity contribution < 1.29 is 10.2 Å². The number of rotatable bonds is 5. The second-order valence-corrected chi connectivity index (χ2v) is 7.52. The van der Waals surface area contributed by atoms with Crippen molar-refractivity contribution in [2.45, 2.75) is 24.8 Å². The van der Waals surface area contributed by atoms with Crippen molar-refractivity contribution in [3.05, 3.63) is 63.4 Å². The largest absolute Gasteiger partial charge is 0.507 e. The number of nitrogens with zero attached hydrogens (tertiary/aromatic N) is 4. The quantitative estimate of drug-likeness (QED) is 0.465. The van der Waals surface area contributed by atoms with E-state index in [9.17, 15) is 10.2 Å². The Bertz CT molecular complexity index is 955. The van der Waals surface area contributed by atoms with Gasteiger partial charge >= 0.3 is 0 Å². The summed E-state index contributed by atoms with van der Waals surface area (Å²) in [5, 5.41) is 32.8. The minimum Gasteiger partial charge on any atom is -0.507 e. The van der Waals surface area contributed by atoms with E-state index < -0.39 is 0 Å². The Morgan fingerprint density at radius 3 is 2.58 bits per heavy atom. The van der Waals surface area contributed by atoms with E-state index in [4.69, 9.17) is 0 Å². The summed E-state index contributed by atoms with van der Waals surface area (Å²) in [6.45, 7) is 3.87. The SMILES string of the molecule is Cc1ccc(CSc2nnc(C)n2/N=C/c2cc(Br)c(O)cc2O)cc1. The maximum atomic E-state index is 9.94. The maximum Gasteiger partial charge on any atom is 0.212 e. The molecule has 0 fully saturated rings. The highest BCUT2D eigenvalue weighted by atomic mass is 79.9. The Labute approximate surface area is 163 Å². The van der Waals surface area contributed by atoms with E-state index in [0.717, 1.165) is 5.75 Å². The Kier molecular flexibility index (Phi) is 5.63. The number of aryl methyl sites for hydroxylation is 2. The third-order valence-corrected chi connectivity index (χ3v) is 5.29. The summed E-state index contributed by atoms with van der Waals surface area (Å²) in [5.74, 6) is 1.30. The molecule has 0 aliphatic heterocycles. The molecule has 2 aromatic carbocycles. The predicted molar refractivity (Wildman–Crippen MR) is 106 cm³/mol. The number of hydrogen-bond donors (Lipinski definition) is 2. The van der Waals surface area contributed by atoms with Crippen LogP contribution in [0.15, 0.2) is 51.1 Å². The fraction of sp³-hybridized carbons (Fsp3) is 0.167. The molecular formula is C18H17BrN4O2S. The van der Waals surface area contributed by atoms with Crippen LogP contribution < -0.4 is 0 Å². The first kappa shape index (κ1) is 18.5. The second-order valence-electron chi connectivity index (χ2n) is 5.72. The molecule has 2 N–H and O–H groups in total. The third kappa shape index (κ3) is 4.25. The molecule has 0 saturated carbocycles. The van der Waals surface area contributed by atoms with Gasteiger partial charge in [-0.3, -0.25) is 0 Å². The molecule has 0 aliphatic carbocycles. The van der Waals surface area contributed by atoms with Crippen molar-refractivity contribution in [2.75, 3.05) is 0 Å². The van der Waals surface area contributed by atoms with Gasteiger partial charge in [0.2, 0.25) is 5.16 Å². The summed E-state index contributed by atoms with van der Waals surface area (Å²) in [4.78, 5) is 0. The molecule has 1 heterocycles. The lowest BCUT2D eigenvalue weighted by Gasteiger charge is -2.05. The first-order valence-electron chi connectivity index (χ1n) is 7.80. The number of thioether (sulfide) groups is 1. The van der Waals surface area contributed by atoms with Crippen LogP contribution in [0.4, 0.5) is 0 Å². The van der Waals surface area contributed by atoms with Crippen LogP contribution in [0.3, 0.4) is 0 Å². The van der Waals surface area contributed by atoms with Crippen molar-refractivity contribution in [3.63, 3.8) is 0 Å². The first-order chi connectivity index (χ1) is 12.4. The van der Waals surface area contributed by atoms with Gasteiger partial charge in [0.25, 0.3) is 0 Å². The molecule has 0 saturated heterocycles. The van der Waals surface area contributed by atoms with Crippen molar-refractivity contribution in [2.24, 2.45) is 5.10 Å². The highest BCUT2D eigenvalue weighted by molar-refractivity contribution is 9.10. The van der Waals surface area contributed by atoms with Crippen molar-refractivity contribution in [1.29, 1.82) is 0 Å². The molecule has 3 rings (SSSR count). The number of aromatic nitrogens is 3. The van der Waals surface area contributed by atoms with E-state index in [1.54, 1.807) is 10.7 Å². The lowest BCUT2D eigenvalue weighted by Crippen LogP contribution is -1.97. The summed E-state index contributed by atoms with van der Waals surface area (Å²) in [6.07, 6.45) is 1.51. The Morgan fingerprint density at radius 2 is 1.85 bits per heavy atom. The molecule has 1 aromatic heterocycles. The van der Waals surface area contributed by atoms with Crippen LogP contribution in [0.25, 0.3) is 0 Å². The van der Waals surface area contributed by atoms with Gasteiger partial charge in [-0.15, -0.1) is 10.2 Å². The van der Waals surface area contributed by atoms with Crippen LogP contribution >= 0.6 is 27.7 Å². The van der Waals surface area contributed by atoms with E-state index in [0.29, 0.717) is 21.0 Å². The Morgan fingerprint density at radius 1 is 1.12 bits per heavy atom. The van der Waals surface area contributed by atoms with Crippen LogP contribution in [-0.4, -0.2) is 31.3 Å². The van der Waals surface area contributed by atoms with E-state index in [1.807, 2.05) is 6.92 Å². The minimum atomic E-state index is -0.0611. The lowest BCUT2D eigenvalue weighted by atomic mass is 10.2. The molecule has 0 amide bonds. The Balaban J connectivity index is 1.79. The molecule has 3 aromatic rings. The van der Waals surface area contributed by atoms with Crippen molar-refractivity contribution >= 4 is 33.9 Å². The zero-order valence-electron chi connectivity index (χ0n) is 14.2. The third-order valence-electron chi connectivity index (χ3n) is 3.66. The second kappa shape index (κ2) is 7.92. The van der Waals surface area contributed by atoms with Gasteiger partial charge in [-0.05, 0) is 41.4 Å². The van der Waals surface area contributed by atoms with E-state index in [-0.39, 0.29) is 11.5 Å². The molecule has 0 spiro atoms. The fourth-order valence-corrected chi connectivity index (χ4v) is 3.43. The van der Waals surface area contributed by atoms with Gasteiger partial charge in [0.1, 0.15) is 11.5 Å². The molecule has 0 unspecified atom stereocenters. The maximum absolute atomic E-state index is 9.94. The number of hydrogen-bond acceptors (Lipinski definition) is 6. The van der Waals surface area contributed by atoms with Gasteiger partial charge in [0.05, 0.1) is 10.7 Å². The molecule has 0 bridgehead atoms. The number of phenols is 2. The summed E-state index contributed by atoms with van der Waals surface area (Å²) < 4.78 is 2.10. The predicted octanol–water partition coefficient (Wildman–Crippen LogP) is 4.24. The van der Waals surface area contributed by atoms with Gasteiger partial charge in [-0.2, -0.15) is 9.78 Å². The molecule has 0 radical (unpaired) electrons. The van der Waals surface area contributed by atoms with E-state index >= 15 is 0 Å². The highest BCUT2D eigenvalue weighted by Gasteiger charge is 2.10. The topological polar surface area (TPSA) is 83.5 Å².